The maximum atomic E-state index is 10.4. The van der Waals surface area contributed by atoms with Crippen LogP contribution in [0.1, 0.15) is 24.5 Å². The van der Waals surface area contributed by atoms with Crippen molar-refractivity contribution >= 4 is 5.97 Å². The van der Waals surface area contributed by atoms with Gasteiger partial charge < -0.3 is 15.5 Å². The zero-order valence-electron chi connectivity index (χ0n) is 9.31. The average Bonchev–Trinajstić information content (AvgIpc) is 2.26. The van der Waals surface area contributed by atoms with Crippen molar-refractivity contribution in [2.75, 3.05) is 0 Å². The van der Waals surface area contributed by atoms with Gasteiger partial charge in [0.05, 0.1) is 13.0 Å². The van der Waals surface area contributed by atoms with Gasteiger partial charge in [0.25, 0.3) is 0 Å². The number of aliphatic hydroxyl groups is 1. The minimum Gasteiger partial charge on any atom is -0.481 e. The Balaban J connectivity index is 2.44. The van der Waals surface area contributed by atoms with E-state index in [9.17, 15) is 4.79 Å². The molecule has 4 heteroatoms. The maximum absolute atomic E-state index is 10.4. The van der Waals surface area contributed by atoms with E-state index in [0.717, 1.165) is 11.1 Å². The number of carboxylic acid groups (broad SMARTS) is 1. The van der Waals surface area contributed by atoms with Crippen LogP contribution in [0.4, 0.5) is 0 Å². The van der Waals surface area contributed by atoms with E-state index < -0.39 is 5.97 Å². The normalized spacial score (nSPS) is 12.4. The SMILES string of the molecule is CC(CC(=O)O)NCc1cccc(CO)c1. The van der Waals surface area contributed by atoms with Gasteiger partial charge in [-0.25, -0.2) is 0 Å². The molecule has 1 unspecified atom stereocenters. The molecule has 16 heavy (non-hydrogen) atoms. The first-order chi connectivity index (χ1) is 7.61. The predicted molar refractivity (Wildman–Crippen MR) is 60.9 cm³/mol. The lowest BCUT2D eigenvalue weighted by atomic mass is 10.1. The van der Waals surface area contributed by atoms with Crippen LogP contribution < -0.4 is 5.32 Å². The molecular weight excluding hydrogens is 206 g/mol. The fourth-order valence-electron chi connectivity index (χ4n) is 1.46. The van der Waals surface area contributed by atoms with Gasteiger partial charge in [0.1, 0.15) is 0 Å². The smallest absolute Gasteiger partial charge is 0.304 e. The zero-order valence-corrected chi connectivity index (χ0v) is 9.31. The van der Waals surface area contributed by atoms with E-state index in [2.05, 4.69) is 5.32 Å². The van der Waals surface area contributed by atoms with Crippen LogP contribution in [0.2, 0.25) is 0 Å². The minimum absolute atomic E-state index is 0.0263. The van der Waals surface area contributed by atoms with Crippen LogP contribution in [-0.2, 0) is 17.9 Å². The molecule has 1 aromatic rings. The molecule has 0 saturated heterocycles. The highest BCUT2D eigenvalue weighted by Crippen LogP contribution is 2.05. The van der Waals surface area contributed by atoms with Crippen LogP contribution in [0.25, 0.3) is 0 Å². The Bertz CT molecular complexity index is 352. The lowest BCUT2D eigenvalue weighted by Crippen LogP contribution is -2.27. The molecule has 0 aliphatic rings. The molecule has 3 N–H and O–H groups in total. The number of hydrogen-bond donors (Lipinski definition) is 3. The summed E-state index contributed by atoms with van der Waals surface area (Å²) in [5.41, 5.74) is 1.91. The number of rotatable bonds is 6. The van der Waals surface area contributed by atoms with Crippen LogP contribution in [0, 0.1) is 0 Å². The molecule has 0 fully saturated rings. The molecule has 0 saturated carbocycles. The van der Waals surface area contributed by atoms with E-state index in [4.69, 9.17) is 10.2 Å². The van der Waals surface area contributed by atoms with Gasteiger partial charge in [-0.05, 0) is 18.1 Å². The van der Waals surface area contributed by atoms with Crippen molar-refractivity contribution in [3.63, 3.8) is 0 Å². The van der Waals surface area contributed by atoms with Crippen molar-refractivity contribution in [3.05, 3.63) is 35.4 Å². The molecule has 0 aromatic heterocycles. The number of carbonyl (C=O) groups is 1. The van der Waals surface area contributed by atoms with E-state index in [1.807, 2.05) is 31.2 Å². The molecule has 0 bridgehead atoms. The first kappa shape index (κ1) is 12.7. The number of benzene rings is 1. The molecule has 0 heterocycles. The number of aliphatic carboxylic acids is 1. The molecule has 1 atom stereocenters. The van der Waals surface area contributed by atoms with E-state index in [-0.39, 0.29) is 19.1 Å². The second kappa shape index (κ2) is 6.25. The van der Waals surface area contributed by atoms with Crippen molar-refractivity contribution in [1.29, 1.82) is 0 Å². The van der Waals surface area contributed by atoms with E-state index in [1.165, 1.54) is 0 Å². The third kappa shape index (κ3) is 4.42. The Morgan fingerprint density at radius 2 is 2.12 bits per heavy atom. The summed E-state index contributed by atoms with van der Waals surface area (Å²) in [6, 6.07) is 7.52. The molecule has 88 valence electrons. The number of aliphatic hydroxyl groups excluding tert-OH is 1. The van der Waals surface area contributed by atoms with E-state index in [0.29, 0.717) is 6.54 Å². The van der Waals surface area contributed by atoms with Gasteiger partial charge in [-0.3, -0.25) is 4.79 Å². The number of hydrogen-bond acceptors (Lipinski definition) is 3. The van der Waals surface area contributed by atoms with Crippen molar-refractivity contribution < 1.29 is 15.0 Å². The third-order valence-corrected chi connectivity index (χ3v) is 2.31. The van der Waals surface area contributed by atoms with Crippen LogP contribution in [0.15, 0.2) is 24.3 Å². The molecule has 0 radical (unpaired) electrons. The molecule has 0 aliphatic carbocycles. The molecule has 0 spiro atoms. The molecule has 1 rings (SSSR count). The number of carboxylic acids is 1. The summed E-state index contributed by atoms with van der Waals surface area (Å²) >= 11 is 0. The van der Waals surface area contributed by atoms with Gasteiger partial charge in [0.2, 0.25) is 0 Å². The summed E-state index contributed by atoms with van der Waals surface area (Å²) in [6.45, 7) is 2.48. The van der Waals surface area contributed by atoms with Crippen molar-refractivity contribution in [2.45, 2.75) is 32.5 Å². The molecular formula is C12H17NO3. The first-order valence-electron chi connectivity index (χ1n) is 5.25. The fraction of sp³-hybridized carbons (Fsp3) is 0.417. The highest BCUT2D eigenvalue weighted by molar-refractivity contribution is 5.67. The third-order valence-electron chi connectivity index (χ3n) is 2.31. The van der Waals surface area contributed by atoms with Gasteiger partial charge in [0.15, 0.2) is 0 Å². The van der Waals surface area contributed by atoms with Crippen LogP contribution in [0.5, 0.6) is 0 Å². The van der Waals surface area contributed by atoms with Crippen LogP contribution in [0.3, 0.4) is 0 Å². The Morgan fingerprint density at radius 1 is 1.44 bits per heavy atom. The van der Waals surface area contributed by atoms with Gasteiger partial charge in [0, 0.05) is 12.6 Å². The van der Waals surface area contributed by atoms with Crippen molar-refractivity contribution in [1.82, 2.24) is 5.32 Å². The summed E-state index contributed by atoms with van der Waals surface area (Å²) in [5.74, 6) is -0.802. The molecule has 4 nitrogen and oxygen atoms in total. The van der Waals surface area contributed by atoms with Gasteiger partial charge >= 0.3 is 5.97 Å². The summed E-state index contributed by atoms with van der Waals surface area (Å²) in [6.07, 6.45) is 0.111. The van der Waals surface area contributed by atoms with Gasteiger partial charge in [-0.15, -0.1) is 0 Å². The lowest BCUT2D eigenvalue weighted by molar-refractivity contribution is -0.137. The van der Waals surface area contributed by atoms with E-state index >= 15 is 0 Å². The second-order valence-corrected chi connectivity index (χ2v) is 3.86. The van der Waals surface area contributed by atoms with Crippen molar-refractivity contribution in [3.8, 4) is 0 Å². The van der Waals surface area contributed by atoms with Crippen molar-refractivity contribution in [2.24, 2.45) is 0 Å². The Labute approximate surface area is 94.9 Å². The highest BCUT2D eigenvalue weighted by Gasteiger charge is 2.06. The topological polar surface area (TPSA) is 69.6 Å². The summed E-state index contributed by atoms with van der Waals surface area (Å²) < 4.78 is 0. The number of nitrogens with one attached hydrogen (secondary N) is 1. The maximum Gasteiger partial charge on any atom is 0.304 e. The fourth-order valence-corrected chi connectivity index (χ4v) is 1.46. The zero-order chi connectivity index (χ0) is 12.0. The van der Waals surface area contributed by atoms with Gasteiger partial charge in [-0.1, -0.05) is 24.3 Å². The summed E-state index contributed by atoms with van der Waals surface area (Å²) in [5, 5.41) is 20.7. The summed E-state index contributed by atoms with van der Waals surface area (Å²) in [4.78, 5) is 10.4. The quantitative estimate of drug-likeness (QED) is 0.676. The van der Waals surface area contributed by atoms with E-state index in [1.54, 1.807) is 0 Å². The Kier molecular flexibility index (Phi) is 4.95. The predicted octanol–water partition coefficient (Wildman–Crippen LogP) is 1.13. The van der Waals surface area contributed by atoms with Crippen LogP contribution in [-0.4, -0.2) is 22.2 Å². The van der Waals surface area contributed by atoms with Gasteiger partial charge in [-0.2, -0.15) is 0 Å². The highest BCUT2D eigenvalue weighted by atomic mass is 16.4. The largest absolute Gasteiger partial charge is 0.481 e. The minimum atomic E-state index is -0.802. The molecule has 1 aromatic carbocycles. The second-order valence-electron chi connectivity index (χ2n) is 3.86. The standard InChI is InChI=1S/C12H17NO3/c1-9(5-12(15)16)13-7-10-3-2-4-11(6-10)8-14/h2-4,6,9,13-14H,5,7-8H2,1H3,(H,15,16). The van der Waals surface area contributed by atoms with Crippen LogP contribution >= 0.6 is 0 Å². The monoisotopic (exact) mass is 223 g/mol. The average molecular weight is 223 g/mol. The molecule has 0 aliphatic heterocycles. The first-order valence-corrected chi connectivity index (χ1v) is 5.25. The summed E-state index contributed by atoms with van der Waals surface area (Å²) in [7, 11) is 0. The Hall–Kier alpha value is -1.39. The Morgan fingerprint density at radius 3 is 2.75 bits per heavy atom. The molecule has 0 amide bonds. The lowest BCUT2D eigenvalue weighted by Gasteiger charge is -2.11.